The molecule has 0 amide bonds. The number of halogens is 1. The molecule has 0 radical (unpaired) electrons. The first-order chi connectivity index (χ1) is 6.77. The molecule has 0 saturated heterocycles. The molecule has 0 aromatic heterocycles. The molecule has 0 N–H and O–H groups in total. The molecular weight excluding hydrogens is 212 g/mol. The van der Waals surface area contributed by atoms with Crippen molar-refractivity contribution < 1.29 is 0 Å². The minimum Gasteiger partial charge on any atom is -0.0843 e. The molecule has 2 rings (SSSR count). The summed E-state index contributed by atoms with van der Waals surface area (Å²) in [6, 6.07) is 7.82. The van der Waals surface area contributed by atoms with Crippen LogP contribution in [-0.4, -0.2) is 4.86 Å². The first kappa shape index (κ1) is 9.63. The lowest BCUT2D eigenvalue weighted by Gasteiger charge is -2.14. The van der Waals surface area contributed by atoms with E-state index in [-0.39, 0.29) is 5.92 Å². The number of allylic oxidation sites excluding steroid dienone is 4. The molecule has 0 aliphatic heterocycles. The van der Waals surface area contributed by atoms with Crippen LogP contribution in [0, 0.1) is 0 Å². The summed E-state index contributed by atoms with van der Waals surface area (Å²) in [7, 11) is 0. The Morgan fingerprint density at radius 2 is 1.79 bits per heavy atom. The summed E-state index contributed by atoms with van der Waals surface area (Å²) in [4.78, 5) is 0.954. The van der Waals surface area contributed by atoms with Gasteiger partial charge >= 0.3 is 0 Å². The van der Waals surface area contributed by atoms with E-state index in [1.165, 1.54) is 5.56 Å². The molecule has 1 atom stereocenters. The highest BCUT2D eigenvalue weighted by Crippen LogP contribution is 2.24. The van der Waals surface area contributed by atoms with Crippen molar-refractivity contribution in [1.82, 2.24) is 0 Å². The van der Waals surface area contributed by atoms with Gasteiger partial charge in [0, 0.05) is 15.8 Å². The average Bonchev–Trinajstić information content (AvgIpc) is 2.20. The lowest BCUT2D eigenvalue weighted by molar-refractivity contribution is 1.16. The average molecular weight is 221 g/mol. The number of hydrogen-bond acceptors (Lipinski definition) is 1. The van der Waals surface area contributed by atoms with Crippen LogP contribution in [0.25, 0.3) is 0 Å². The largest absolute Gasteiger partial charge is 0.0843 e. The van der Waals surface area contributed by atoms with E-state index in [9.17, 15) is 0 Å². The molecule has 1 aliphatic carbocycles. The van der Waals surface area contributed by atoms with Crippen molar-refractivity contribution in [2.45, 2.75) is 5.92 Å². The molecule has 1 aromatic rings. The van der Waals surface area contributed by atoms with Crippen molar-refractivity contribution in [1.29, 1.82) is 0 Å². The number of hydrogen-bond donors (Lipinski definition) is 0. The Labute approximate surface area is 93.9 Å². The van der Waals surface area contributed by atoms with E-state index in [4.69, 9.17) is 23.8 Å². The van der Waals surface area contributed by atoms with E-state index >= 15 is 0 Å². The highest BCUT2D eigenvalue weighted by atomic mass is 35.5. The predicted molar refractivity (Wildman–Crippen MR) is 65.1 cm³/mol. The van der Waals surface area contributed by atoms with Gasteiger partial charge in [0.05, 0.1) is 0 Å². The van der Waals surface area contributed by atoms with Gasteiger partial charge in [-0.3, -0.25) is 0 Å². The van der Waals surface area contributed by atoms with E-state index in [0.717, 1.165) is 9.89 Å². The molecule has 2 heteroatoms. The van der Waals surface area contributed by atoms with Crippen LogP contribution >= 0.6 is 23.8 Å². The fourth-order valence-corrected chi connectivity index (χ4v) is 1.89. The maximum Gasteiger partial charge on any atom is 0.0406 e. The smallest absolute Gasteiger partial charge is 0.0406 e. The van der Waals surface area contributed by atoms with Gasteiger partial charge in [-0.2, -0.15) is 0 Å². The van der Waals surface area contributed by atoms with Crippen LogP contribution in [0.5, 0.6) is 0 Å². The predicted octanol–water partition coefficient (Wildman–Crippen LogP) is 3.92. The molecule has 70 valence electrons. The first-order valence-corrected chi connectivity index (χ1v) is 5.20. The van der Waals surface area contributed by atoms with Gasteiger partial charge in [-0.05, 0) is 23.8 Å². The zero-order chi connectivity index (χ0) is 9.97. The zero-order valence-electron chi connectivity index (χ0n) is 7.48. The molecule has 0 bridgehead atoms. The molecule has 0 nitrogen and oxygen atoms in total. The summed E-state index contributed by atoms with van der Waals surface area (Å²) in [5.74, 6) is 0.229. The Bertz CT molecular complexity index is 401. The second-order valence-electron chi connectivity index (χ2n) is 3.18. The highest BCUT2D eigenvalue weighted by Gasteiger charge is 2.12. The molecule has 0 heterocycles. The molecular formula is C12H9ClS. The van der Waals surface area contributed by atoms with Crippen molar-refractivity contribution in [3.05, 3.63) is 59.2 Å². The molecule has 0 spiro atoms. The molecule has 0 saturated carbocycles. The lowest BCUT2D eigenvalue weighted by atomic mass is 9.92. The van der Waals surface area contributed by atoms with Crippen molar-refractivity contribution in [3.8, 4) is 0 Å². The summed E-state index contributed by atoms with van der Waals surface area (Å²) in [5, 5.41) is 0.759. The zero-order valence-corrected chi connectivity index (χ0v) is 9.05. The van der Waals surface area contributed by atoms with Crippen LogP contribution in [0.15, 0.2) is 48.6 Å². The third-order valence-electron chi connectivity index (χ3n) is 2.21. The Kier molecular flexibility index (Phi) is 2.80. The number of benzene rings is 1. The van der Waals surface area contributed by atoms with Crippen molar-refractivity contribution >= 4 is 28.7 Å². The SMILES string of the molecule is S=C1C=CC=CC1c1ccc(Cl)cc1. The molecule has 1 aliphatic rings. The lowest BCUT2D eigenvalue weighted by Crippen LogP contribution is -2.07. The van der Waals surface area contributed by atoms with Crippen molar-refractivity contribution in [3.63, 3.8) is 0 Å². The molecule has 1 aromatic carbocycles. The third-order valence-corrected chi connectivity index (χ3v) is 2.85. The molecule has 14 heavy (non-hydrogen) atoms. The van der Waals surface area contributed by atoms with Crippen LogP contribution < -0.4 is 0 Å². The van der Waals surface area contributed by atoms with Crippen LogP contribution in [0.1, 0.15) is 11.5 Å². The van der Waals surface area contributed by atoms with Crippen LogP contribution in [0.3, 0.4) is 0 Å². The van der Waals surface area contributed by atoms with E-state index in [2.05, 4.69) is 6.08 Å². The first-order valence-electron chi connectivity index (χ1n) is 4.41. The van der Waals surface area contributed by atoms with Gasteiger partial charge < -0.3 is 0 Å². The summed E-state index contributed by atoms with van der Waals surface area (Å²) >= 11 is 11.1. The summed E-state index contributed by atoms with van der Waals surface area (Å²) < 4.78 is 0. The van der Waals surface area contributed by atoms with Gasteiger partial charge in [0.1, 0.15) is 0 Å². The van der Waals surface area contributed by atoms with Crippen molar-refractivity contribution in [2.75, 3.05) is 0 Å². The fourth-order valence-electron chi connectivity index (χ4n) is 1.47. The summed E-state index contributed by atoms with van der Waals surface area (Å²) in [6.45, 7) is 0. The van der Waals surface area contributed by atoms with Crippen LogP contribution in [0.2, 0.25) is 5.02 Å². The van der Waals surface area contributed by atoms with Gasteiger partial charge in [0.2, 0.25) is 0 Å². The maximum absolute atomic E-state index is 5.82. The van der Waals surface area contributed by atoms with Gasteiger partial charge in [-0.25, -0.2) is 0 Å². The monoisotopic (exact) mass is 220 g/mol. The molecule has 1 unspecified atom stereocenters. The van der Waals surface area contributed by atoms with Gasteiger partial charge in [-0.1, -0.05) is 54.2 Å². The second kappa shape index (κ2) is 4.07. The molecule has 0 fully saturated rings. The Morgan fingerprint density at radius 1 is 1.07 bits per heavy atom. The van der Waals surface area contributed by atoms with E-state index in [0.29, 0.717) is 0 Å². The van der Waals surface area contributed by atoms with Gasteiger partial charge in [-0.15, -0.1) is 0 Å². The number of rotatable bonds is 1. The maximum atomic E-state index is 5.82. The minimum atomic E-state index is 0.229. The Morgan fingerprint density at radius 3 is 2.43 bits per heavy atom. The summed E-state index contributed by atoms with van der Waals surface area (Å²) in [6.07, 6.45) is 8.06. The van der Waals surface area contributed by atoms with Crippen LogP contribution in [0.4, 0.5) is 0 Å². The normalized spacial score (nSPS) is 20.1. The minimum absolute atomic E-state index is 0.229. The van der Waals surface area contributed by atoms with E-state index in [1.54, 1.807) is 0 Å². The van der Waals surface area contributed by atoms with Crippen LogP contribution in [-0.2, 0) is 0 Å². The third kappa shape index (κ3) is 1.94. The second-order valence-corrected chi connectivity index (χ2v) is 4.08. The Balaban J connectivity index is 2.31. The topological polar surface area (TPSA) is 0 Å². The standard InChI is InChI=1S/C12H9ClS/c13-10-7-5-9(6-8-10)11-3-1-2-4-12(11)14/h1-8,11H. The quantitative estimate of drug-likeness (QED) is 0.647. The summed E-state index contributed by atoms with van der Waals surface area (Å²) in [5.41, 5.74) is 1.19. The fraction of sp³-hybridized carbons (Fsp3) is 0.0833. The van der Waals surface area contributed by atoms with E-state index in [1.807, 2.05) is 42.5 Å². The van der Waals surface area contributed by atoms with Gasteiger partial charge in [0.25, 0.3) is 0 Å². The van der Waals surface area contributed by atoms with E-state index < -0.39 is 0 Å². The number of thiocarbonyl (C=S) groups is 1. The van der Waals surface area contributed by atoms with Gasteiger partial charge in [0.15, 0.2) is 0 Å². The Hall–Kier alpha value is -0.920. The van der Waals surface area contributed by atoms with Crippen molar-refractivity contribution in [2.24, 2.45) is 0 Å². The highest BCUT2D eigenvalue weighted by molar-refractivity contribution is 7.80.